The first-order valence-corrected chi connectivity index (χ1v) is 4.36. The predicted octanol–water partition coefficient (Wildman–Crippen LogP) is -0.547. The summed E-state index contributed by atoms with van der Waals surface area (Å²) in [4.78, 5) is 9.21. The molecule has 0 heterocycles. The SMILES string of the molecule is O=C[CH2][Na].O=S(O)O. The first-order chi connectivity index (χ1) is 3.65. The molecule has 0 atom stereocenters. The fourth-order valence-electron chi connectivity index (χ4n) is 0. The van der Waals surface area contributed by atoms with Crippen molar-refractivity contribution in [2.75, 3.05) is 0 Å². The van der Waals surface area contributed by atoms with Crippen LogP contribution in [0.15, 0.2) is 0 Å². The normalized spacial score (nSPS) is 7.62. The van der Waals surface area contributed by atoms with Crippen molar-refractivity contribution >= 4 is 45.6 Å². The quantitative estimate of drug-likeness (QED) is 0.297. The van der Waals surface area contributed by atoms with Gasteiger partial charge in [0.25, 0.3) is 11.4 Å². The van der Waals surface area contributed by atoms with Gasteiger partial charge in [0.15, 0.2) is 0 Å². The Morgan fingerprint density at radius 3 is 1.75 bits per heavy atom. The Labute approximate surface area is 67.2 Å². The molecule has 0 aliphatic carbocycles. The third kappa shape index (κ3) is 73.3. The molecule has 8 heavy (non-hydrogen) atoms. The van der Waals surface area contributed by atoms with Crippen molar-refractivity contribution in [3.05, 3.63) is 0 Å². The van der Waals surface area contributed by atoms with E-state index in [2.05, 4.69) is 0 Å². The van der Waals surface area contributed by atoms with Crippen LogP contribution in [-0.4, -0.2) is 47.5 Å². The second-order valence-corrected chi connectivity index (χ2v) is 2.08. The zero-order valence-corrected chi connectivity index (χ0v) is 7.22. The molecule has 4 nitrogen and oxygen atoms in total. The van der Waals surface area contributed by atoms with E-state index < -0.39 is 11.4 Å². The molecule has 0 rings (SSSR count). The third-order valence-electron chi connectivity index (χ3n) is 0.167. The molecule has 0 saturated carbocycles. The average molecular weight is 148 g/mol. The number of hydrogen-bond donors (Lipinski definition) is 2. The molecule has 0 aromatic rings. The second-order valence-electron chi connectivity index (χ2n) is 0.806. The van der Waals surface area contributed by atoms with Crippen LogP contribution < -0.4 is 0 Å². The van der Waals surface area contributed by atoms with Gasteiger partial charge in [0.05, 0.1) is 0 Å². The van der Waals surface area contributed by atoms with E-state index in [4.69, 9.17) is 13.3 Å². The van der Waals surface area contributed by atoms with Gasteiger partial charge in [-0.15, -0.1) is 0 Å². The van der Waals surface area contributed by atoms with Crippen LogP contribution in [0.3, 0.4) is 0 Å². The van der Waals surface area contributed by atoms with Crippen molar-refractivity contribution in [1.29, 1.82) is 0 Å². The molecule has 0 radical (unpaired) electrons. The van der Waals surface area contributed by atoms with Crippen LogP contribution in [0.2, 0.25) is 3.67 Å². The molecule has 6 heteroatoms. The Balaban J connectivity index is 0. The predicted molar refractivity (Wildman–Crippen MR) is 30.0 cm³/mol. The molecule has 0 bridgehead atoms. The van der Waals surface area contributed by atoms with Crippen molar-refractivity contribution < 1.29 is 18.1 Å². The molecule has 0 aromatic heterocycles. The van der Waals surface area contributed by atoms with E-state index in [1.165, 1.54) is 0 Å². The van der Waals surface area contributed by atoms with E-state index in [1.807, 2.05) is 0 Å². The van der Waals surface area contributed by atoms with Crippen molar-refractivity contribution in [2.24, 2.45) is 0 Å². The summed E-state index contributed by atoms with van der Waals surface area (Å²) in [6, 6.07) is 0. The van der Waals surface area contributed by atoms with Crippen LogP contribution in [0.25, 0.3) is 0 Å². The molecule has 2 N–H and O–H groups in total. The van der Waals surface area contributed by atoms with Gasteiger partial charge in [-0.25, -0.2) is 0 Å². The molecular weight excluding hydrogens is 143 g/mol. The van der Waals surface area contributed by atoms with Gasteiger partial charge in [-0.2, -0.15) is 4.21 Å². The molecule has 0 spiro atoms. The number of carbonyl (C=O) groups is 1. The summed E-state index contributed by atoms with van der Waals surface area (Å²) in [5, 5.41) is 0. The smallest absolute Gasteiger partial charge is 0.284 e. The Hall–Kier alpha value is 0.740. The van der Waals surface area contributed by atoms with Gasteiger partial charge < -0.3 is 0 Å². The number of rotatable bonds is 1. The van der Waals surface area contributed by atoms with Gasteiger partial charge in [0.1, 0.15) is 0 Å². The summed E-state index contributed by atoms with van der Waals surface area (Å²) in [6.45, 7) is 0. The first-order valence-electron chi connectivity index (χ1n) is 1.88. The Bertz CT molecular complexity index is 70.4. The minimum Gasteiger partial charge on any atom is -0.284 e. The van der Waals surface area contributed by atoms with E-state index in [1.54, 1.807) is 0 Å². The maximum absolute atomic E-state index is 9.21. The number of hydrogen-bond acceptors (Lipinski definition) is 2. The molecule has 0 aliphatic heterocycles. The molecule has 0 saturated heterocycles. The van der Waals surface area contributed by atoms with Crippen LogP contribution in [0.5, 0.6) is 0 Å². The van der Waals surface area contributed by atoms with Crippen LogP contribution >= 0.6 is 0 Å². The van der Waals surface area contributed by atoms with Crippen LogP contribution in [-0.2, 0) is 16.2 Å². The maximum atomic E-state index is 9.21. The summed E-state index contributed by atoms with van der Waals surface area (Å²) in [5.74, 6) is 0. The standard InChI is InChI=1S/C2H3O.Na.H2O3S/c1-2-3;;1-4(2)3/h2H,1H2;;(H2,1,2,3). The molecule has 0 amide bonds. The van der Waals surface area contributed by atoms with E-state index in [9.17, 15) is 4.79 Å². The van der Waals surface area contributed by atoms with Crippen molar-refractivity contribution in [3.63, 3.8) is 0 Å². The zero-order chi connectivity index (χ0) is 6.99. The molecule has 44 valence electrons. The van der Waals surface area contributed by atoms with E-state index >= 15 is 0 Å². The molecule has 0 aliphatic rings. The summed E-state index contributed by atoms with van der Waals surface area (Å²) in [7, 11) is 0. The average Bonchev–Trinajstić information content (AvgIpc) is 1.65. The van der Waals surface area contributed by atoms with Gasteiger partial charge >= 0.3 is 42.7 Å². The molecule has 0 aromatic carbocycles. The van der Waals surface area contributed by atoms with E-state index in [-0.39, 0.29) is 0 Å². The van der Waals surface area contributed by atoms with Crippen LogP contribution in [0, 0.1) is 0 Å². The maximum Gasteiger partial charge on any atom is 0.299 e. The van der Waals surface area contributed by atoms with Gasteiger partial charge in [-0.1, -0.05) is 0 Å². The molecule has 0 unspecified atom stereocenters. The summed E-state index contributed by atoms with van der Waals surface area (Å²) in [5.41, 5.74) is 0. The molecule has 0 fully saturated rings. The van der Waals surface area contributed by atoms with E-state index in [0.29, 0.717) is 0 Å². The number of aldehydes is 1. The number of carbonyl (C=O) groups excluding carboxylic acids is 1. The van der Waals surface area contributed by atoms with Crippen molar-refractivity contribution in [3.8, 4) is 0 Å². The summed E-state index contributed by atoms with van der Waals surface area (Å²) >= 11 is -1.59. The Kier molecular flexibility index (Phi) is 15.4. The van der Waals surface area contributed by atoms with Crippen LogP contribution in [0.4, 0.5) is 0 Å². The van der Waals surface area contributed by atoms with Crippen LogP contribution in [0.1, 0.15) is 0 Å². The molecular formula is C2H5NaO4S. The first kappa shape index (κ1) is 11.5. The van der Waals surface area contributed by atoms with Gasteiger partial charge in [-0.05, 0) is 0 Å². The minimum absolute atomic E-state index is 0.778. The Morgan fingerprint density at radius 1 is 1.62 bits per heavy atom. The third-order valence-corrected chi connectivity index (χ3v) is 0.500. The minimum atomic E-state index is -2.61. The van der Waals surface area contributed by atoms with E-state index in [0.717, 1.165) is 37.9 Å². The fourth-order valence-corrected chi connectivity index (χ4v) is 0. The van der Waals surface area contributed by atoms with Crippen molar-refractivity contribution in [1.82, 2.24) is 0 Å². The topological polar surface area (TPSA) is 74.6 Å². The van der Waals surface area contributed by atoms with Crippen molar-refractivity contribution in [2.45, 2.75) is 3.67 Å². The second kappa shape index (κ2) is 10.7. The summed E-state index contributed by atoms with van der Waals surface area (Å²) in [6.07, 6.45) is 0.937. The fraction of sp³-hybridized carbons (Fsp3) is 0.500. The van der Waals surface area contributed by atoms with Gasteiger partial charge in [-0.3, -0.25) is 9.11 Å². The van der Waals surface area contributed by atoms with Gasteiger partial charge in [0.2, 0.25) is 0 Å². The zero-order valence-electron chi connectivity index (χ0n) is 4.40. The van der Waals surface area contributed by atoms with Gasteiger partial charge in [0, 0.05) is 0 Å². The summed E-state index contributed by atoms with van der Waals surface area (Å²) < 4.78 is 23.6. The monoisotopic (exact) mass is 148 g/mol. The largest absolute Gasteiger partial charge is 0.299 e. The Morgan fingerprint density at radius 2 is 1.75 bits per heavy atom.